The van der Waals surface area contributed by atoms with Gasteiger partial charge in [-0.05, 0) is 12.8 Å². The molecule has 0 spiro atoms. The lowest BCUT2D eigenvalue weighted by Crippen LogP contribution is -2.61. The van der Waals surface area contributed by atoms with Gasteiger partial charge in [0.15, 0.2) is 0 Å². The third-order valence-corrected chi connectivity index (χ3v) is 5.38. The number of rotatable bonds is 4. The van der Waals surface area contributed by atoms with Crippen LogP contribution in [0.3, 0.4) is 0 Å². The molecule has 24 heavy (non-hydrogen) atoms. The molecule has 3 rings (SSSR count). The largest absolute Gasteiger partial charge is 0.395 e. The summed E-state index contributed by atoms with van der Waals surface area (Å²) in [4.78, 5) is 38.6. The summed E-state index contributed by atoms with van der Waals surface area (Å²) >= 11 is 0. The fourth-order valence-electron chi connectivity index (χ4n) is 3.43. The molecule has 0 radical (unpaired) electrons. The quantitative estimate of drug-likeness (QED) is 0.806. The van der Waals surface area contributed by atoms with Gasteiger partial charge in [-0.15, -0.1) is 0 Å². The Morgan fingerprint density at radius 2 is 1.88 bits per heavy atom. The molecule has 3 aliphatic rings. The predicted molar refractivity (Wildman–Crippen MR) is 76.6 cm³/mol. The molecule has 134 valence electrons. The first-order valence-electron chi connectivity index (χ1n) is 8.02. The zero-order valence-electron chi connectivity index (χ0n) is 13.4. The van der Waals surface area contributed by atoms with Crippen LogP contribution in [0.5, 0.6) is 0 Å². The Bertz CT molecular complexity index is 568. The van der Waals surface area contributed by atoms with Crippen LogP contribution in [0.2, 0.25) is 0 Å². The Kier molecular flexibility index (Phi) is 4.00. The summed E-state index contributed by atoms with van der Waals surface area (Å²) in [7, 11) is 1.51. The van der Waals surface area contributed by atoms with E-state index in [0.717, 1.165) is 0 Å². The van der Waals surface area contributed by atoms with E-state index in [1.54, 1.807) is 4.90 Å². The predicted octanol–water partition coefficient (Wildman–Crippen LogP) is 0.524. The molecule has 0 aromatic rings. The van der Waals surface area contributed by atoms with Crippen molar-refractivity contribution in [3.05, 3.63) is 0 Å². The maximum atomic E-state index is 12.9. The summed E-state index contributed by atoms with van der Waals surface area (Å²) in [5.74, 6) is -1.24. The standard InChI is InChI=1S/C15H20F3N3O3/c1-19-13(24)9-4-11(22)21(6-9)10-7-20(8-10)12(23)5-14(2-3-14)15(16,17)18/h9-10H,2-8H2,1H3,(H,19,24). The molecule has 9 heteroatoms. The van der Waals surface area contributed by atoms with Crippen LogP contribution in [-0.4, -0.2) is 66.4 Å². The molecule has 1 saturated carbocycles. The van der Waals surface area contributed by atoms with Gasteiger partial charge in [0.05, 0.1) is 17.4 Å². The molecule has 2 saturated heterocycles. The van der Waals surface area contributed by atoms with Crippen molar-refractivity contribution in [2.75, 3.05) is 26.7 Å². The van der Waals surface area contributed by atoms with E-state index in [0.29, 0.717) is 6.54 Å². The summed E-state index contributed by atoms with van der Waals surface area (Å²) in [6, 6.07) is -0.197. The van der Waals surface area contributed by atoms with E-state index in [1.165, 1.54) is 11.9 Å². The van der Waals surface area contributed by atoms with Gasteiger partial charge in [-0.25, -0.2) is 0 Å². The Hall–Kier alpha value is -1.80. The summed E-state index contributed by atoms with van der Waals surface area (Å²) in [6.07, 6.45) is -4.67. The van der Waals surface area contributed by atoms with Gasteiger partial charge in [-0.3, -0.25) is 14.4 Å². The first-order valence-corrected chi connectivity index (χ1v) is 8.02. The molecule has 1 unspecified atom stereocenters. The lowest BCUT2D eigenvalue weighted by molar-refractivity contribution is -0.193. The molecular formula is C15H20F3N3O3. The summed E-state index contributed by atoms with van der Waals surface area (Å²) in [5, 5.41) is 2.51. The first kappa shape index (κ1) is 17.0. The average molecular weight is 347 g/mol. The van der Waals surface area contributed by atoms with Crippen molar-refractivity contribution >= 4 is 17.7 Å². The monoisotopic (exact) mass is 347 g/mol. The summed E-state index contributed by atoms with van der Waals surface area (Å²) < 4.78 is 38.7. The minimum Gasteiger partial charge on any atom is -0.359 e. The third-order valence-electron chi connectivity index (χ3n) is 5.38. The van der Waals surface area contributed by atoms with Gasteiger partial charge in [0, 0.05) is 39.5 Å². The SMILES string of the molecule is CNC(=O)C1CC(=O)N(C2CN(C(=O)CC3(C(F)(F)F)CC3)C2)C1. The average Bonchev–Trinajstić information content (AvgIpc) is 3.14. The van der Waals surface area contributed by atoms with Crippen molar-refractivity contribution in [1.29, 1.82) is 0 Å². The van der Waals surface area contributed by atoms with E-state index in [1.807, 2.05) is 0 Å². The first-order chi connectivity index (χ1) is 11.2. The molecule has 0 aromatic heterocycles. The second kappa shape index (κ2) is 5.63. The Morgan fingerprint density at radius 3 is 2.38 bits per heavy atom. The van der Waals surface area contributed by atoms with Crippen LogP contribution in [0, 0.1) is 11.3 Å². The van der Waals surface area contributed by atoms with Crippen molar-refractivity contribution in [1.82, 2.24) is 15.1 Å². The molecule has 1 atom stereocenters. The van der Waals surface area contributed by atoms with E-state index in [2.05, 4.69) is 5.32 Å². The molecule has 0 bridgehead atoms. The van der Waals surface area contributed by atoms with Gasteiger partial charge in [0.2, 0.25) is 17.7 Å². The number of hydrogen-bond donors (Lipinski definition) is 1. The molecule has 1 N–H and O–H groups in total. The topological polar surface area (TPSA) is 69.7 Å². The smallest absolute Gasteiger partial charge is 0.359 e. The van der Waals surface area contributed by atoms with Crippen LogP contribution >= 0.6 is 0 Å². The maximum Gasteiger partial charge on any atom is 0.395 e. The van der Waals surface area contributed by atoms with E-state index >= 15 is 0 Å². The maximum absolute atomic E-state index is 12.9. The van der Waals surface area contributed by atoms with Crippen LogP contribution in [0.1, 0.15) is 25.7 Å². The lowest BCUT2D eigenvalue weighted by atomic mass is 9.98. The highest BCUT2D eigenvalue weighted by Crippen LogP contribution is 2.60. The molecule has 1 aliphatic carbocycles. The number of nitrogens with one attached hydrogen (secondary N) is 1. The Labute approximate surface area is 137 Å². The van der Waals surface area contributed by atoms with Gasteiger partial charge in [-0.2, -0.15) is 13.2 Å². The highest BCUT2D eigenvalue weighted by molar-refractivity contribution is 5.89. The molecule has 6 nitrogen and oxygen atoms in total. The highest BCUT2D eigenvalue weighted by Gasteiger charge is 2.64. The van der Waals surface area contributed by atoms with E-state index in [-0.39, 0.29) is 50.2 Å². The second-order valence-corrected chi connectivity index (χ2v) is 6.97. The van der Waals surface area contributed by atoms with Crippen molar-refractivity contribution in [2.24, 2.45) is 11.3 Å². The number of amides is 3. The van der Waals surface area contributed by atoms with Crippen LogP contribution in [0.25, 0.3) is 0 Å². The second-order valence-electron chi connectivity index (χ2n) is 6.97. The lowest BCUT2D eigenvalue weighted by Gasteiger charge is -2.44. The molecule has 2 aliphatic heterocycles. The van der Waals surface area contributed by atoms with E-state index in [9.17, 15) is 27.6 Å². The number of nitrogens with zero attached hydrogens (tertiary/aromatic N) is 2. The molecule has 3 amide bonds. The number of likely N-dealkylation sites (tertiary alicyclic amines) is 2. The van der Waals surface area contributed by atoms with Gasteiger partial charge < -0.3 is 15.1 Å². The van der Waals surface area contributed by atoms with Crippen molar-refractivity contribution in [3.8, 4) is 0 Å². The van der Waals surface area contributed by atoms with Gasteiger partial charge in [0.1, 0.15) is 0 Å². The van der Waals surface area contributed by atoms with Crippen molar-refractivity contribution in [3.63, 3.8) is 0 Å². The normalized spacial score (nSPS) is 26.3. The van der Waals surface area contributed by atoms with Crippen LogP contribution in [0.4, 0.5) is 13.2 Å². The Balaban J connectivity index is 1.50. The molecular weight excluding hydrogens is 327 g/mol. The van der Waals surface area contributed by atoms with Crippen LogP contribution < -0.4 is 5.32 Å². The van der Waals surface area contributed by atoms with Gasteiger partial charge in [0.25, 0.3) is 0 Å². The number of alkyl halides is 3. The number of carbonyl (C=O) groups is 3. The number of hydrogen-bond acceptors (Lipinski definition) is 3. The Morgan fingerprint density at radius 1 is 1.25 bits per heavy atom. The van der Waals surface area contributed by atoms with Crippen LogP contribution in [0.15, 0.2) is 0 Å². The van der Waals surface area contributed by atoms with Gasteiger partial charge >= 0.3 is 6.18 Å². The summed E-state index contributed by atoms with van der Waals surface area (Å²) in [5.41, 5.74) is -1.83. The van der Waals surface area contributed by atoms with E-state index < -0.39 is 29.8 Å². The zero-order valence-corrected chi connectivity index (χ0v) is 13.4. The van der Waals surface area contributed by atoms with Crippen LogP contribution in [-0.2, 0) is 14.4 Å². The molecule has 2 heterocycles. The van der Waals surface area contributed by atoms with E-state index in [4.69, 9.17) is 0 Å². The highest BCUT2D eigenvalue weighted by atomic mass is 19.4. The number of halogens is 3. The third kappa shape index (κ3) is 2.84. The van der Waals surface area contributed by atoms with Crippen molar-refractivity contribution in [2.45, 2.75) is 37.9 Å². The molecule has 3 fully saturated rings. The summed E-state index contributed by atoms with van der Waals surface area (Å²) in [6.45, 7) is 0.801. The van der Waals surface area contributed by atoms with Crippen molar-refractivity contribution < 1.29 is 27.6 Å². The minimum atomic E-state index is -4.33. The minimum absolute atomic E-state index is 0.0118. The fraction of sp³-hybridized carbons (Fsp3) is 0.800. The number of carbonyl (C=O) groups excluding carboxylic acids is 3. The van der Waals surface area contributed by atoms with Gasteiger partial charge in [-0.1, -0.05) is 0 Å². The molecule has 0 aromatic carbocycles. The fourth-order valence-corrected chi connectivity index (χ4v) is 3.43. The zero-order chi connectivity index (χ0) is 17.7.